The molecule has 0 bridgehead atoms. The van der Waals surface area contributed by atoms with Gasteiger partial charge in [-0.25, -0.2) is 0 Å². The van der Waals surface area contributed by atoms with Crippen LogP contribution in [0.2, 0.25) is 0 Å². The summed E-state index contributed by atoms with van der Waals surface area (Å²) in [6, 6.07) is 12.0. The number of ether oxygens (including phenoxy) is 2. The predicted molar refractivity (Wildman–Crippen MR) is 113 cm³/mol. The third-order valence-electron chi connectivity index (χ3n) is 5.78. The van der Waals surface area contributed by atoms with Crippen LogP contribution < -0.4 is 14.4 Å². The number of allylic oxidation sites excluding steroid dienone is 2. The van der Waals surface area contributed by atoms with E-state index in [4.69, 9.17) is 9.47 Å². The minimum Gasteiger partial charge on any atom is -0.493 e. The monoisotopic (exact) mass is 386 g/mol. The van der Waals surface area contributed by atoms with Gasteiger partial charge in [-0.1, -0.05) is 24.3 Å². The zero-order valence-corrected chi connectivity index (χ0v) is 16.5. The van der Waals surface area contributed by atoms with Crippen molar-refractivity contribution in [2.75, 3.05) is 18.1 Å². The largest absolute Gasteiger partial charge is 0.493 e. The second-order valence-electron chi connectivity index (χ2n) is 7.38. The lowest BCUT2D eigenvalue weighted by atomic mass is 9.76. The van der Waals surface area contributed by atoms with Gasteiger partial charge in [0.1, 0.15) is 23.5 Å². The summed E-state index contributed by atoms with van der Waals surface area (Å²) in [4.78, 5) is 20.0. The minimum atomic E-state index is -0.836. The number of hydrogen-bond donors (Lipinski definition) is 0. The van der Waals surface area contributed by atoms with Gasteiger partial charge < -0.3 is 9.47 Å². The Balaban J connectivity index is 1.70. The van der Waals surface area contributed by atoms with Crippen LogP contribution >= 0.6 is 0 Å². The molecule has 5 rings (SSSR count). The van der Waals surface area contributed by atoms with Gasteiger partial charge in [0.15, 0.2) is 0 Å². The van der Waals surface area contributed by atoms with Crippen LogP contribution in [0, 0.1) is 0 Å². The van der Waals surface area contributed by atoms with E-state index in [1.54, 1.807) is 11.1 Å². The first-order valence-electron chi connectivity index (χ1n) is 9.88. The van der Waals surface area contributed by atoms with E-state index in [0.717, 1.165) is 46.0 Å². The number of amides is 1. The molecule has 1 spiro atoms. The van der Waals surface area contributed by atoms with Crippen molar-refractivity contribution < 1.29 is 14.3 Å². The molecule has 146 valence electrons. The number of aliphatic imine (C=N–C) groups is 1. The van der Waals surface area contributed by atoms with Gasteiger partial charge in [-0.05, 0) is 43.2 Å². The van der Waals surface area contributed by atoms with Crippen LogP contribution in [0.1, 0.15) is 30.5 Å². The zero-order valence-electron chi connectivity index (χ0n) is 16.5. The maximum absolute atomic E-state index is 13.9. The Bertz CT molecular complexity index is 1090. The van der Waals surface area contributed by atoms with E-state index in [2.05, 4.69) is 11.1 Å². The van der Waals surface area contributed by atoms with E-state index in [1.165, 1.54) is 0 Å². The second kappa shape index (κ2) is 6.62. The minimum absolute atomic E-state index is 0.00961. The van der Waals surface area contributed by atoms with Gasteiger partial charge in [0, 0.05) is 30.5 Å². The molecule has 0 radical (unpaired) electrons. The van der Waals surface area contributed by atoms with Crippen molar-refractivity contribution in [1.29, 1.82) is 0 Å². The molecule has 2 aromatic carbocycles. The van der Waals surface area contributed by atoms with E-state index >= 15 is 0 Å². The lowest BCUT2D eigenvalue weighted by Crippen LogP contribution is -2.40. The Hall–Kier alpha value is -3.34. The highest BCUT2D eigenvalue weighted by atomic mass is 16.5. The molecule has 3 heterocycles. The molecular weight excluding hydrogens is 364 g/mol. The van der Waals surface area contributed by atoms with Gasteiger partial charge in [-0.15, -0.1) is 0 Å². The lowest BCUT2D eigenvalue weighted by Gasteiger charge is -2.22. The van der Waals surface area contributed by atoms with E-state index in [1.807, 2.05) is 62.5 Å². The average Bonchev–Trinajstić information content (AvgIpc) is 3.40. The molecule has 1 atom stereocenters. The highest BCUT2D eigenvalue weighted by Gasteiger charge is 2.57. The van der Waals surface area contributed by atoms with Crippen molar-refractivity contribution in [2.24, 2.45) is 4.99 Å². The number of fused-ring (bicyclic) bond motifs is 5. The molecule has 5 nitrogen and oxygen atoms in total. The molecule has 0 N–H and O–H groups in total. The van der Waals surface area contributed by atoms with Crippen molar-refractivity contribution in [3.8, 4) is 11.5 Å². The number of benzene rings is 2. The number of carbonyl (C=O) groups is 1. The Morgan fingerprint density at radius 2 is 2.00 bits per heavy atom. The number of anilines is 1. The topological polar surface area (TPSA) is 51.1 Å². The van der Waals surface area contributed by atoms with Crippen molar-refractivity contribution in [1.82, 2.24) is 0 Å². The van der Waals surface area contributed by atoms with Crippen LogP contribution in [0.15, 0.2) is 65.4 Å². The molecule has 1 unspecified atom stereocenters. The first-order chi connectivity index (χ1) is 14.2. The molecule has 2 aromatic rings. The Labute approximate surface area is 170 Å². The van der Waals surface area contributed by atoms with Crippen molar-refractivity contribution in [3.63, 3.8) is 0 Å². The molecule has 3 aliphatic rings. The van der Waals surface area contributed by atoms with Crippen LogP contribution in [-0.2, 0) is 16.6 Å². The number of nitrogens with zero attached hydrogens (tertiary/aromatic N) is 2. The van der Waals surface area contributed by atoms with Gasteiger partial charge in [0.2, 0.25) is 5.91 Å². The quantitative estimate of drug-likeness (QED) is 0.588. The maximum atomic E-state index is 13.9. The molecule has 5 heteroatoms. The van der Waals surface area contributed by atoms with Crippen molar-refractivity contribution in [3.05, 3.63) is 77.1 Å². The van der Waals surface area contributed by atoms with E-state index < -0.39 is 5.41 Å². The first kappa shape index (κ1) is 17.7. The molecule has 29 heavy (non-hydrogen) atoms. The average molecular weight is 386 g/mol. The summed E-state index contributed by atoms with van der Waals surface area (Å²) in [6.45, 7) is 4.76. The third kappa shape index (κ3) is 2.47. The fraction of sp³-hybridized carbons (Fsp3) is 0.250. The fourth-order valence-corrected chi connectivity index (χ4v) is 4.50. The summed E-state index contributed by atoms with van der Waals surface area (Å²) in [5.41, 5.74) is 3.80. The smallest absolute Gasteiger partial charge is 0.249 e. The molecular formula is C24H22N2O3. The summed E-state index contributed by atoms with van der Waals surface area (Å²) >= 11 is 0. The first-order valence-corrected chi connectivity index (χ1v) is 9.88. The fourth-order valence-electron chi connectivity index (χ4n) is 4.50. The van der Waals surface area contributed by atoms with E-state index in [-0.39, 0.29) is 5.91 Å². The van der Waals surface area contributed by atoms with Gasteiger partial charge in [-0.3, -0.25) is 14.7 Å². The number of rotatable bonds is 3. The highest BCUT2D eigenvalue weighted by molar-refractivity contribution is 6.12. The van der Waals surface area contributed by atoms with Gasteiger partial charge >= 0.3 is 0 Å². The van der Waals surface area contributed by atoms with Crippen molar-refractivity contribution in [2.45, 2.75) is 25.7 Å². The van der Waals surface area contributed by atoms with Crippen molar-refractivity contribution >= 4 is 17.8 Å². The maximum Gasteiger partial charge on any atom is 0.249 e. The number of para-hydroxylation sites is 1. The zero-order chi connectivity index (χ0) is 20.0. The standard InChI is InChI=1S/C24H22N2O3/c1-3-7-17(25-4-2)14-26-20-9-6-5-8-18(20)24(23(26)27)15-29-22-13-21-16(10-11-28-21)12-19(22)24/h3-9,12-14H,10-11,15H2,1-2H3/b7-3-,17-14-,25-4?. The summed E-state index contributed by atoms with van der Waals surface area (Å²) in [5.74, 6) is 1.59. The predicted octanol–water partition coefficient (Wildman–Crippen LogP) is 4.15. The van der Waals surface area contributed by atoms with Crippen LogP contribution in [0.5, 0.6) is 11.5 Å². The summed E-state index contributed by atoms with van der Waals surface area (Å²) < 4.78 is 11.7. The van der Waals surface area contributed by atoms with Gasteiger partial charge in [0.25, 0.3) is 0 Å². The molecule has 0 aromatic heterocycles. The Morgan fingerprint density at radius 1 is 1.14 bits per heavy atom. The summed E-state index contributed by atoms with van der Waals surface area (Å²) in [5, 5.41) is 0. The summed E-state index contributed by atoms with van der Waals surface area (Å²) in [6.07, 6.45) is 8.20. The van der Waals surface area contributed by atoms with Crippen LogP contribution in [-0.4, -0.2) is 25.3 Å². The van der Waals surface area contributed by atoms with E-state index in [0.29, 0.717) is 13.2 Å². The molecule has 3 aliphatic heterocycles. The third-order valence-corrected chi connectivity index (χ3v) is 5.78. The second-order valence-corrected chi connectivity index (χ2v) is 7.38. The van der Waals surface area contributed by atoms with Crippen LogP contribution in [0.3, 0.4) is 0 Å². The SMILES string of the molecule is CC=NC(/C=C\C)=C\N1C(=O)C2(COc3cc4c(cc32)CCO4)c2ccccc21. The van der Waals surface area contributed by atoms with E-state index in [9.17, 15) is 4.79 Å². The van der Waals surface area contributed by atoms with Crippen LogP contribution in [0.25, 0.3) is 0 Å². The molecule has 0 aliphatic carbocycles. The van der Waals surface area contributed by atoms with Gasteiger partial charge in [-0.2, -0.15) is 0 Å². The van der Waals surface area contributed by atoms with Crippen LogP contribution in [0.4, 0.5) is 5.69 Å². The normalized spacial score (nSPS) is 22.3. The number of hydrogen-bond acceptors (Lipinski definition) is 4. The molecule has 0 fully saturated rings. The Kier molecular flexibility index (Phi) is 4.05. The molecule has 0 saturated carbocycles. The number of carbonyl (C=O) groups excluding carboxylic acids is 1. The summed E-state index contributed by atoms with van der Waals surface area (Å²) in [7, 11) is 0. The van der Waals surface area contributed by atoms with Gasteiger partial charge in [0.05, 0.1) is 18.0 Å². The molecule has 1 amide bonds. The Morgan fingerprint density at radius 3 is 2.83 bits per heavy atom. The lowest BCUT2D eigenvalue weighted by molar-refractivity contribution is -0.121. The highest BCUT2D eigenvalue weighted by Crippen LogP contribution is 2.54. The molecule has 0 saturated heterocycles.